The minimum Gasteiger partial charge on any atom is -0.494 e. The molecule has 0 radical (unpaired) electrons. The van der Waals surface area contributed by atoms with Crippen LogP contribution in [0.5, 0.6) is 5.88 Å². The average molecular weight is 523 g/mol. The number of fused-ring (bicyclic) bond motifs is 1. The molecule has 0 aliphatic carbocycles. The highest BCUT2D eigenvalue weighted by Gasteiger charge is 2.20. The summed E-state index contributed by atoms with van der Waals surface area (Å²) in [4.78, 5) is 31.8. The Kier molecular flexibility index (Phi) is 6.94. The number of hydrogen-bond acceptors (Lipinski definition) is 6. The Hall–Kier alpha value is -4.49. The van der Waals surface area contributed by atoms with E-state index in [0.717, 1.165) is 21.6 Å². The third kappa shape index (κ3) is 4.64. The molecule has 0 saturated carbocycles. The topological polar surface area (TPSA) is 80.9 Å². The standard InChI is InChI=1S/C31H26N2O4S/c1-4-37-31(36)24-17-27(21-10-6-5-7-11-21)38-28(24)32-18-25-22-12-8-9-13-23(22)29(34)33(30(25)35)26-15-14-19(2)16-20(26)3/h5-18,35H,4H2,1-3H3. The Labute approximate surface area is 224 Å². The summed E-state index contributed by atoms with van der Waals surface area (Å²) in [5.74, 6) is -0.686. The van der Waals surface area contributed by atoms with E-state index in [2.05, 4.69) is 4.99 Å². The van der Waals surface area contributed by atoms with Crippen molar-refractivity contribution in [3.8, 4) is 22.0 Å². The highest BCUT2D eigenvalue weighted by Crippen LogP contribution is 2.38. The molecule has 0 spiro atoms. The second-order valence-electron chi connectivity index (χ2n) is 8.89. The van der Waals surface area contributed by atoms with Crippen molar-refractivity contribution in [2.24, 2.45) is 4.99 Å². The normalized spacial score (nSPS) is 11.3. The molecule has 0 bridgehead atoms. The maximum absolute atomic E-state index is 13.5. The molecular formula is C31H26N2O4S. The van der Waals surface area contributed by atoms with Gasteiger partial charge in [0.05, 0.1) is 23.4 Å². The van der Waals surface area contributed by atoms with Gasteiger partial charge in [0, 0.05) is 21.9 Å². The number of aryl methyl sites for hydroxylation is 2. The van der Waals surface area contributed by atoms with Gasteiger partial charge in [-0.15, -0.1) is 11.3 Å². The van der Waals surface area contributed by atoms with Crippen LogP contribution in [0.3, 0.4) is 0 Å². The predicted octanol–water partition coefficient (Wildman–Crippen LogP) is 6.97. The second-order valence-corrected chi connectivity index (χ2v) is 9.92. The summed E-state index contributed by atoms with van der Waals surface area (Å²) in [5.41, 5.74) is 3.87. The number of carbonyl (C=O) groups is 1. The van der Waals surface area contributed by atoms with Gasteiger partial charge in [-0.3, -0.25) is 4.79 Å². The van der Waals surface area contributed by atoms with Crippen molar-refractivity contribution in [1.29, 1.82) is 0 Å². The summed E-state index contributed by atoms with van der Waals surface area (Å²) >= 11 is 1.36. The number of pyridine rings is 1. The number of carbonyl (C=O) groups excluding carboxylic acids is 1. The van der Waals surface area contributed by atoms with Gasteiger partial charge in [-0.25, -0.2) is 14.4 Å². The smallest absolute Gasteiger partial charge is 0.341 e. The van der Waals surface area contributed by atoms with Crippen molar-refractivity contribution in [1.82, 2.24) is 4.57 Å². The van der Waals surface area contributed by atoms with Gasteiger partial charge < -0.3 is 9.84 Å². The Bertz CT molecular complexity index is 1750. The van der Waals surface area contributed by atoms with E-state index < -0.39 is 5.97 Å². The molecule has 0 unspecified atom stereocenters. The molecular weight excluding hydrogens is 496 g/mol. The molecule has 2 heterocycles. The number of rotatable bonds is 6. The molecule has 0 saturated heterocycles. The van der Waals surface area contributed by atoms with Crippen LogP contribution in [0.2, 0.25) is 0 Å². The molecule has 190 valence electrons. The number of thiophene rings is 1. The van der Waals surface area contributed by atoms with Crippen LogP contribution in [-0.2, 0) is 4.74 Å². The summed E-state index contributed by atoms with van der Waals surface area (Å²) in [6, 6.07) is 24.3. The maximum Gasteiger partial charge on any atom is 0.341 e. The minimum atomic E-state index is -0.465. The van der Waals surface area contributed by atoms with Crippen LogP contribution in [0.1, 0.15) is 34.0 Å². The predicted molar refractivity (Wildman–Crippen MR) is 154 cm³/mol. The van der Waals surface area contributed by atoms with Crippen LogP contribution in [0.4, 0.5) is 5.00 Å². The lowest BCUT2D eigenvalue weighted by Gasteiger charge is -2.16. The van der Waals surface area contributed by atoms with E-state index in [0.29, 0.717) is 32.6 Å². The van der Waals surface area contributed by atoms with Crippen molar-refractivity contribution in [2.45, 2.75) is 20.8 Å². The molecule has 0 aliphatic heterocycles. The first kappa shape index (κ1) is 25.2. The van der Waals surface area contributed by atoms with Crippen molar-refractivity contribution in [3.63, 3.8) is 0 Å². The first-order chi connectivity index (χ1) is 18.4. The molecule has 0 amide bonds. The van der Waals surface area contributed by atoms with Gasteiger partial charge in [0.2, 0.25) is 5.88 Å². The van der Waals surface area contributed by atoms with Gasteiger partial charge >= 0.3 is 5.97 Å². The van der Waals surface area contributed by atoms with Crippen LogP contribution in [-0.4, -0.2) is 28.5 Å². The monoisotopic (exact) mass is 522 g/mol. The molecule has 5 rings (SSSR count). The minimum absolute atomic E-state index is 0.220. The molecule has 2 aromatic heterocycles. The molecule has 3 aromatic carbocycles. The zero-order chi connectivity index (χ0) is 26.8. The van der Waals surface area contributed by atoms with Gasteiger partial charge in [0.25, 0.3) is 5.56 Å². The van der Waals surface area contributed by atoms with Gasteiger partial charge in [0.15, 0.2) is 0 Å². The molecule has 6 nitrogen and oxygen atoms in total. The van der Waals surface area contributed by atoms with E-state index in [1.54, 1.807) is 31.2 Å². The van der Waals surface area contributed by atoms with Gasteiger partial charge in [-0.2, -0.15) is 0 Å². The number of benzene rings is 3. The summed E-state index contributed by atoms with van der Waals surface area (Å²) in [6.07, 6.45) is 1.51. The van der Waals surface area contributed by atoms with Gasteiger partial charge in [0.1, 0.15) is 5.00 Å². The number of aliphatic imine (C=N–C) groups is 1. The number of nitrogens with zero attached hydrogens (tertiary/aromatic N) is 2. The van der Waals surface area contributed by atoms with Crippen LogP contribution >= 0.6 is 11.3 Å². The molecule has 38 heavy (non-hydrogen) atoms. The Morgan fingerprint density at radius 1 is 1.00 bits per heavy atom. The summed E-state index contributed by atoms with van der Waals surface area (Å²) in [6.45, 7) is 5.87. The zero-order valence-electron chi connectivity index (χ0n) is 21.3. The van der Waals surface area contributed by atoms with Gasteiger partial charge in [-0.05, 0) is 50.1 Å². The van der Waals surface area contributed by atoms with E-state index in [1.807, 2.05) is 68.4 Å². The van der Waals surface area contributed by atoms with Crippen LogP contribution < -0.4 is 5.56 Å². The van der Waals surface area contributed by atoms with E-state index in [9.17, 15) is 14.7 Å². The second kappa shape index (κ2) is 10.5. The Morgan fingerprint density at radius 3 is 2.42 bits per heavy atom. The van der Waals surface area contributed by atoms with Crippen LogP contribution in [0.15, 0.2) is 88.6 Å². The van der Waals surface area contributed by atoms with Crippen molar-refractivity contribution >= 4 is 39.3 Å². The van der Waals surface area contributed by atoms with Gasteiger partial charge in [-0.1, -0.05) is 66.2 Å². The summed E-state index contributed by atoms with van der Waals surface area (Å²) < 4.78 is 6.59. The Balaban J connectivity index is 1.70. The molecule has 0 aliphatic rings. The lowest BCUT2D eigenvalue weighted by atomic mass is 10.1. The fourth-order valence-corrected chi connectivity index (χ4v) is 5.47. The maximum atomic E-state index is 13.5. The molecule has 1 N–H and O–H groups in total. The summed E-state index contributed by atoms with van der Waals surface area (Å²) in [5, 5.41) is 12.9. The number of esters is 1. The SMILES string of the molecule is CCOC(=O)c1cc(-c2ccccc2)sc1N=Cc1c(O)n(-c2ccc(C)cc2C)c(=O)c2ccccc12. The fourth-order valence-electron chi connectivity index (χ4n) is 4.47. The summed E-state index contributed by atoms with van der Waals surface area (Å²) in [7, 11) is 0. The van der Waals surface area contributed by atoms with Crippen molar-refractivity contribution in [2.75, 3.05) is 6.61 Å². The van der Waals surface area contributed by atoms with E-state index in [4.69, 9.17) is 4.74 Å². The van der Waals surface area contributed by atoms with Crippen molar-refractivity contribution in [3.05, 3.63) is 111 Å². The first-order valence-corrected chi connectivity index (χ1v) is 13.1. The molecule has 7 heteroatoms. The van der Waals surface area contributed by atoms with Crippen molar-refractivity contribution < 1.29 is 14.6 Å². The van der Waals surface area contributed by atoms with E-state index in [-0.39, 0.29) is 18.0 Å². The van der Waals surface area contributed by atoms with E-state index >= 15 is 0 Å². The zero-order valence-corrected chi connectivity index (χ0v) is 22.1. The number of hydrogen-bond donors (Lipinski definition) is 1. The average Bonchev–Trinajstić information content (AvgIpc) is 3.35. The highest BCUT2D eigenvalue weighted by atomic mass is 32.1. The van der Waals surface area contributed by atoms with Crippen LogP contribution in [0.25, 0.3) is 26.9 Å². The molecule has 0 fully saturated rings. The lowest BCUT2D eigenvalue weighted by molar-refractivity contribution is 0.0528. The van der Waals surface area contributed by atoms with Crippen LogP contribution in [0, 0.1) is 13.8 Å². The first-order valence-electron chi connectivity index (χ1n) is 12.2. The number of aromatic nitrogens is 1. The quantitative estimate of drug-likeness (QED) is 0.193. The fraction of sp³-hybridized carbons (Fsp3) is 0.129. The number of ether oxygens (including phenoxy) is 1. The largest absolute Gasteiger partial charge is 0.494 e. The van der Waals surface area contributed by atoms with E-state index in [1.165, 1.54) is 22.1 Å². The third-order valence-electron chi connectivity index (χ3n) is 6.27. The number of aromatic hydroxyl groups is 1. The molecule has 5 aromatic rings. The lowest BCUT2D eigenvalue weighted by Crippen LogP contribution is -2.21. The Morgan fingerprint density at radius 2 is 1.71 bits per heavy atom. The third-order valence-corrected chi connectivity index (χ3v) is 7.37. The molecule has 0 atom stereocenters. The highest BCUT2D eigenvalue weighted by molar-refractivity contribution is 7.19.